The summed E-state index contributed by atoms with van der Waals surface area (Å²) in [7, 11) is 1.77. The lowest BCUT2D eigenvalue weighted by atomic mass is 9.86. The molecule has 0 aromatic heterocycles. The number of likely N-dealkylation sites (N-methyl/N-ethyl adjacent to an activating group) is 1. The molecule has 1 aliphatic rings. The van der Waals surface area contributed by atoms with Gasteiger partial charge in [-0.05, 0) is 23.1 Å². The lowest BCUT2D eigenvalue weighted by molar-refractivity contribution is -0.134. The van der Waals surface area contributed by atoms with Crippen LogP contribution < -0.4 is 15.2 Å². The minimum Gasteiger partial charge on any atom is -0.486 e. The Kier molecular flexibility index (Phi) is 4.42. The summed E-state index contributed by atoms with van der Waals surface area (Å²) in [6, 6.07) is 5.23. The fourth-order valence-electron chi connectivity index (χ4n) is 2.15. The second kappa shape index (κ2) is 5.93. The van der Waals surface area contributed by atoms with Crippen LogP contribution in [0.25, 0.3) is 0 Å². The largest absolute Gasteiger partial charge is 0.486 e. The molecule has 0 radical (unpaired) electrons. The molecule has 5 nitrogen and oxygen atoms in total. The Balaban J connectivity index is 2.06. The summed E-state index contributed by atoms with van der Waals surface area (Å²) in [5, 5.41) is 0. The molecule has 0 unspecified atom stereocenters. The number of hydrogen-bond acceptors (Lipinski definition) is 4. The zero-order chi connectivity index (χ0) is 15.6. The van der Waals surface area contributed by atoms with Gasteiger partial charge in [-0.15, -0.1) is 0 Å². The predicted octanol–water partition coefficient (Wildman–Crippen LogP) is 1.79. The van der Waals surface area contributed by atoms with Crippen LogP contribution in [0.2, 0.25) is 0 Å². The third-order valence-electron chi connectivity index (χ3n) is 3.60. The molecule has 0 aliphatic carbocycles. The Labute approximate surface area is 126 Å². The maximum Gasteiger partial charge on any atom is 0.240 e. The number of carbonyl (C=O) groups is 1. The van der Waals surface area contributed by atoms with Crippen molar-refractivity contribution in [2.75, 3.05) is 20.3 Å². The fourth-order valence-corrected chi connectivity index (χ4v) is 2.15. The minimum absolute atomic E-state index is 0.0580. The topological polar surface area (TPSA) is 64.8 Å². The van der Waals surface area contributed by atoms with Crippen molar-refractivity contribution in [1.29, 1.82) is 0 Å². The van der Waals surface area contributed by atoms with Crippen molar-refractivity contribution in [2.45, 2.75) is 33.4 Å². The molecule has 0 fully saturated rings. The van der Waals surface area contributed by atoms with Crippen LogP contribution in [-0.4, -0.2) is 37.1 Å². The van der Waals surface area contributed by atoms with Crippen molar-refractivity contribution >= 4 is 5.91 Å². The first-order chi connectivity index (χ1) is 9.79. The third kappa shape index (κ3) is 3.67. The lowest BCUT2D eigenvalue weighted by Crippen LogP contribution is -2.48. The summed E-state index contributed by atoms with van der Waals surface area (Å²) >= 11 is 0. The second-order valence-corrected chi connectivity index (χ2v) is 6.52. The zero-order valence-electron chi connectivity index (χ0n) is 13.2. The van der Waals surface area contributed by atoms with Crippen LogP contribution in [0, 0.1) is 5.41 Å². The standard InChI is InChI=1S/C16H24N2O3/c1-16(2,3)14(17)15(19)18(4)10-11-5-6-12-13(9-11)21-8-7-20-12/h5-6,9,14H,7-8,10,17H2,1-4H3/t14-/m1/s1. The number of nitrogens with two attached hydrogens (primary N) is 1. The summed E-state index contributed by atoms with van der Waals surface area (Å²) in [5.74, 6) is 1.43. The number of nitrogens with zero attached hydrogens (tertiary/aromatic N) is 1. The number of rotatable bonds is 3. The van der Waals surface area contributed by atoms with Gasteiger partial charge in [0.1, 0.15) is 13.2 Å². The molecule has 0 bridgehead atoms. The Morgan fingerprint density at radius 2 is 1.90 bits per heavy atom. The quantitative estimate of drug-likeness (QED) is 0.922. The fraction of sp³-hybridized carbons (Fsp3) is 0.562. The summed E-state index contributed by atoms with van der Waals surface area (Å²) in [4.78, 5) is 14.0. The molecule has 1 atom stereocenters. The highest BCUT2D eigenvalue weighted by Gasteiger charge is 2.29. The van der Waals surface area contributed by atoms with Gasteiger partial charge in [0.15, 0.2) is 11.5 Å². The van der Waals surface area contributed by atoms with E-state index in [0.717, 1.165) is 17.1 Å². The predicted molar refractivity (Wildman–Crippen MR) is 81.3 cm³/mol. The number of hydrogen-bond donors (Lipinski definition) is 1. The molecule has 2 N–H and O–H groups in total. The molecule has 1 aliphatic heterocycles. The van der Waals surface area contributed by atoms with E-state index in [-0.39, 0.29) is 11.3 Å². The van der Waals surface area contributed by atoms with Gasteiger partial charge in [-0.1, -0.05) is 26.8 Å². The highest BCUT2D eigenvalue weighted by molar-refractivity contribution is 5.82. The summed E-state index contributed by atoms with van der Waals surface area (Å²) in [5.41, 5.74) is 6.77. The smallest absolute Gasteiger partial charge is 0.240 e. The molecular formula is C16H24N2O3. The molecule has 0 saturated carbocycles. The summed E-state index contributed by atoms with van der Waals surface area (Å²) in [6.07, 6.45) is 0. The maximum absolute atomic E-state index is 12.3. The first-order valence-corrected chi connectivity index (χ1v) is 7.18. The van der Waals surface area contributed by atoms with E-state index in [1.807, 2.05) is 39.0 Å². The van der Waals surface area contributed by atoms with Crippen LogP contribution >= 0.6 is 0 Å². The first kappa shape index (κ1) is 15.6. The average molecular weight is 292 g/mol. The van der Waals surface area contributed by atoms with Gasteiger partial charge in [0.2, 0.25) is 5.91 Å². The van der Waals surface area contributed by atoms with Gasteiger partial charge in [0.25, 0.3) is 0 Å². The molecule has 5 heteroatoms. The van der Waals surface area contributed by atoms with E-state index in [2.05, 4.69) is 0 Å². The van der Waals surface area contributed by atoms with Gasteiger partial charge in [0, 0.05) is 13.6 Å². The van der Waals surface area contributed by atoms with Gasteiger partial charge < -0.3 is 20.1 Å². The van der Waals surface area contributed by atoms with Crippen LogP contribution in [0.15, 0.2) is 18.2 Å². The molecule has 1 aromatic rings. The van der Waals surface area contributed by atoms with E-state index in [1.54, 1.807) is 11.9 Å². The second-order valence-electron chi connectivity index (χ2n) is 6.52. The number of benzene rings is 1. The van der Waals surface area contributed by atoms with Crippen LogP contribution in [0.5, 0.6) is 11.5 Å². The minimum atomic E-state index is -0.514. The average Bonchev–Trinajstić information content (AvgIpc) is 2.44. The molecular weight excluding hydrogens is 268 g/mol. The number of amides is 1. The maximum atomic E-state index is 12.3. The normalized spacial score (nSPS) is 15.5. The van der Waals surface area contributed by atoms with E-state index < -0.39 is 6.04 Å². The van der Waals surface area contributed by atoms with Gasteiger partial charge >= 0.3 is 0 Å². The van der Waals surface area contributed by atoms with Crippen molar-refractivity contribution < 1.29 is 14.3 Å². The number of fused-ring (bicyclic) bond motifs is 1. The zero-order valence-corrected chi connectivity index (χ0v) is 13.2. The van der Waals surface area contributed by atoms with Crippen molar-refractivity contribution in [1.82, 2.24) is 4.90 Å². The Hall–Kier alpha value is -1.75. The van der Waals surface area contributed by atoms with Gasteiger partial charge in [-0.3, -0.25) is 4.79 Å². The molecule has 1 amide bonds. The van der Waals surface area contributed by atoms with Crippen molar-refractivity contribution in [3.05, 3.63) is 23.8 Å². The van der Waals surface area contributed by atoms with Gasteiger partial charge in [0.05, 0.1) is 6.04 Å². The van der Waals surface area contributed by atoms with E-state index in [1.165, 1.54) is 0 Å². The Bertz CT molecular complexity index is 523. The van der Waals surface area contributed by atoms with Gasteiger partial charge in [-0.2, -0.15) is 0 Å². The Morgan fingerprint density at radius 1 is 1.29 bits per heavy atom. The number of carbonyl (C=O) groups excluding carboxylic acids is 1. The molecule has 1 heterocycles. The Morgan fingerprint density at radius 3 is 2.52 bits per heavy atom. The highest BCUT2D eigenvalue weighted by Crippen LogP contribution is 2.31. The molecule has 2 rings (SSSR count). The summed E-state index contributed by atoms with van der Waals surface area (Å²) < 4.78 is 11.0. The summed E-state index contributed by atoms with van der Waals surface area (Å²) in [6.45, 7) is 7.53. The van der Waals surface area contributed by atoms with Crippen LogP contribution in [0.4, 0.5) is 0 Å². The molecule has 116 valence electrons. The van der Waals surface area contributed by atoms with E-state index in [0.29, 0.717) is 19.8 Å². The molecule has 0 saturated heterocycles. The van der Waals surface area contributed by atoms with E-state index in [4.69, 9.17) is 15.2 Å². The number of ether oxygens (including phenoxy) is 2. The van der Waals surface area contributed by atoms with Gasteiger partial charge in [-0.25, -0.2) is 0 Å². The van der Waals surface area contributed by atoms with Crippen LogP contribution in [0.1, 0.15) is 26.3 Å². The van der Waals surface area contributed by atoms with Crippen molar-refractivity contribution in [3.63, 3.8) is 0 Å². The SMILES string of the molecule is CN(Cc1ccc2c(c1)OCCO2)C(=O)[C@@H](N)C(C)(C)C. The molecule has 21 heavy (non-hydrogen) atoms. The highest BCUT2D eigenvalue weighted by atomic mass is 16.6. The monoisotopic (exact) mass is 292 g/mol. The molecule has 1 aromatic carbocycles. The lowest BCUT2D eigenvalue weighted by Gasteiger charge is -2.30. The van der Waals surface area contributed by atoms with Crippen molar-refractivity contribution in [2.24, 2.45) is 11.1 Å². The van der Waals surface area contributed by atoms with Crippen LogP contribution in [0.3, 0.4) is 0 Å². The van der Waals surface area contributed by atoms with Crippen LogP contribution in [-0.2, 0) is 11.3 Å². The van der Waals surface area contributed by atoms with Crippen molar-refractivity contribution in [3.8, 4) is 11.5 Å². The molecule has 0 spiro atoms. The van der Waals surface area contributed by atoms with E-state index in [9.17, 15) is 4.79 Å². The first-order valence-electron chi connectivity index (χ1n) is 7.18. The van der Waals surface area contributed by atoms with E-state index >= 15 is 0 Å². The third-order valence-corrected chi connectivity index (χ3v) is 3.60.